The van der Waals surface area contributed by atoms with Crippen molar-refractivity contribution in [2.24, 2.45) is 0 Å². The van der Waals surface area contributed by atoms with Gasteiger partial charge in [0.25, 0.3) is 5.91 Å². The summed E-state index contributed by atoms with van der Waals surface area (Å²) >= 11 is 0. The lowest BCUT2D eigenvalue weighted by molar-refractivity contribution is -0.123. The number of ether oxygens (including phenoxy) is 1. The predicted molar refractivity (Wildman–Crippen MR) is 77.3 cm³/mol. The number of hydrogen-bond acceptors (Lipinski definition) is 3. The summed E-state index contributed by atoms with van der Waals surface area (Å²) in [6.07, 6.45) is 1.11. The first-order valence-electron chi connectivity index (χ1n) is 6.78. The van der Waals surface area contributed by atoms with Gasteiger partial charge in [-0.15, -0.1) is 0 Å². The van der Waals surface area contributed by atoms with E-state index in [9.17, 15) is 4.79 Å². The van der Waals surface area contributed by atoms with Gasteiger partial charge in [0, 0.05) is 19.1 Å². The fraction of sp³-hybridized carbons (Fsp3) is 0.533. The number of likely N-dealkylation sites (N-methyl/N-ethyl adjacent to an activating group) is 1. The van der Waals surface area contributed by atoms with Crippen molar-refractivity contribution < 1.29 is 9.53 Å². The lowest BCUT2D eigenvalue weighted by Crippen LogP contribution is -2.38. The average molecular weight is 264 g/mol. The molecule has 0 radical (unpaired) electrons. The Morgan fingerprint density at radius 2 is 2.05 bits per heavy atom. The van der Waals surface area contributed by atoms with Crippen LogP contribution in [-0.4, -0.2) is 43.6 Å². The molecule has 1 unspecified atom stereocenters. The molecular weight excluding hydrogens is 240 g/mol. The Morgan fingerprint density at radius 3 is 2.68 bits per heavy atom. The fourth-order valence-corrected chi connectivity index (χ4v) is 1.62. The van der Waals surface area contributed by atoms with Crippen molar-refractivity contribution in [1.29, 1.82) is 0 Å². The molecule has 0 aromatic heterocycles. The summed E-state index contributed by atoms with van der Waals surface area (Å²) in [5, 5.41) is 2.86. The van der Waals surface area contributed by atoms with E-state index in [1.54, 1.807) is 0 Å². The van der Waals surface area contributed by atoms with E-state index in [0.29, 0.717) is 12.6 Å². The lowest BCUT2D eigenvalue weighted by Gasteiger charge is -2.23. The Morgan fingerprint density at radius 1 is 1.37 bits per heavy atom. The zero-order valence-corrected chi connectivity index (χ0v) is 12.1. The van der Waals surface area contributed by atoms with E-state index in [1.165, 1.54) is 0 Å². The second-order valence-electron chi connectivity index (χ2n) is 4.69. The van der Waals surface area contributed by atoms with Crippen molar-refractivity contribution in [2.45, 2.75) is 26.3 Å². The standard InChI is InChI=1S/C15H24N2O2/c1-4-13(2)17(3)11-10-16-15(18)12-19-14-8-6-5-7-9-14/h5-9,13H,4,10-12H2,1-3H3,(H,16,18). The van der Waals surface area contributed by atoms with Gasteiger partial charge >= 0.3 is 0 Å². The Balaban J connectivity index is 2.15. The molecule has 0 aliphatic carbocycles. The van der Waals surface area contributed by atoms with Crippen molar-refractivity contribution in [3.63, 3.8) is 0 Å². The number of para-hydroxylation sites is 1. The van der Waals surface area contributed by atoms with Crippen LogP contribution in [0.1, 0.15) is 20.3 Å². The highest BCUT2D eigenvalue weighted by atomic mass is 16.5. The predicted octanol–water partition coefficient (Wildman–Crippen LogP) is 1.91. The molecule has 0 saturated carbocycles. The highest BCUT2D eigenvalue weighted by molar-refractivity contribution is 5.77. The number of amides is 1. The summed E-state index contributed by atoms with van der Waals surface area (Å²) in [4.78, 5) is 13.8. The Labute approximate surface area is 115 Å². The normalized spacial score (nSPS) is 12.2. The average Bonchev–Trinajstić information content (AvgIpc) is 2.45. The van der Waals surface area contributed by atoms with E-state index in [4.69, 9.17) is 4.74 Å². The fourth-order valence-electron chi connectivity index (χ4n) is 1.62. The number of benzene rings is 1. The van der Waals surface area contributed by atoms with Crippen LogP contribution in [0.2, 0.25) is 0 Å². The van der Waals surface area contributed by atoms with Crippen LogP contribution in [0.5, 0.6) is 5.75 Å². The molecule has 0 heterocycles. The molecule has 1 rings (SSSR count). The van der Waals surface area contributed by atoms with E-state index < -0.39 is 0 Å². The topological polar surface area (TPSA) is 41.6 Å². The Hall–Kier alpha value is -1.55. The number of carbonyl (C=O) groups is 1. The van der Waals surface area contributed by atoms with Gasteiger partial charge < -0.3 is 15.0 Å². The zero-order chi connectivity index (χ0) is 14.1. The maximum atomic E-state index is 11.6. The van der Waals surface area contributed by atoms with E-state index in [-0.39, 0.29) is 12.5 Å². The maximum absolute atomic E-state index is 11.6. The Kier molecular flexibility index (Phi) is 6.97. The van der Waals surface area contributed by atoms with Crippen LogP contribution in [0, 0.1) is 0 Å². The molecule has 1 aromatic carbocycles. The molecule has 0 bridgehead atoms. The lowest BCUT2D eigenvalue weighted by atomic mass is 10.2. The van der Waals surface area contributed by atoms with Gasteiger partial charge in [-0.1, -0.05) is 25.1 Å². The van der Waals surface area contributed by atoms with Crippen molar-refractivity contribution in [2.75, 3.05) is 26.7 Å². The molecule has 1 aromatic rings. The van der Waals surface area contributed by atoms with E-state index in [0.717, 1.165) is 18.7 Å². The van der Waals surface area contributed by atoms with Crippen LogP contribution < -0.4 is 10.1 Å². The molecular formula is C15H24N2O2. The monoisotopic (exact) mass is 264 g/mol. The molecule has 19 heavy (non-hydrogen) atoms. The minimum Gasteiger partial charge on any atom is -0.484 e. The number of rotatable bonds is 8. The molecule has 106 valence electrons. The molecule has 0 fully saturated rings. The second kappa shape index (κ2) is 8.53. The van der Waals surface area contributed by atoms with Gasteiger partial charge in [0.15, 0.2) is 6.61 Å². The smallest absolute Gasteiger partial charge is 0.257 e. The summed E-state index contributed by atoms with van der Waals surface area (Å²) < 4.78 is 5.37. The minimum absolute atomic E-state index is 0.0665. The van der Waals surface area contributed by atoms with Gasteiger partial charge in [-0.25, -0.2) is 0 Å². The van der Waals surface area contributed by atoms with Gasteiger partial charge in [0.05, 0.1) is 0 Å². The molecule has 4 heteroatoms. The number of nitrogens with one attached hydrogen (secondary N) is 1. The summed E-state index contributed by atoms with van der Waals surface area (Å²) in [6, 6.07) is 9.89. The van der Waals surface area contributed by atoms with Crippen LogP contribution in [0.15, 0.2) is 30.3 Å². The third-order valence-electron chi connectivity index (χ3n) is 3.24. The van der Waals surface area contributed by atoms with E-state index in [2.05, 4.69) is 31.1 Å². The first kappa shape index (κ1) is 15.5. The van der Waals surface area contributed by atoms with Gasteiger partial charge in [0.2, 0.25) is 0 Å². The third kappa shape index (κ3) is 6.25. The number of hydrogen-bond donors (Lipinski definition) is 1. The first-order valence-corrected chi connectivity index (χ1v) is 6.78. The van der Waals surface area contributed by atoms with Gasteiger partial charge in [-0.3, -0.25) is 4.79 Å². The highest BCUT2D eigenvalue weighted by Crippen LogP contribution is 2.07. The zero-order valence-electron chi connectivity index (χ0n) is 12.1. The maximum Gasteiger partial charge on any atom is 0.257 e. The number of carbonyl (C=O) groups excluding carboxylic acids is 1. The summed E-state index contributed by atoms with van der Waals surface area (Å²) in [6.45, 7) is 5.91. The third-order valence-corrected chi connectivity index (χ3v) is 3.24. The van der Waals surface area contributed by atoms with E-state index in [1.807, 2.05) is 30.3 Å². The highest BCUT2D eigenvalue weighted by Gasteiger charge is 2.07. The first-order chi connectivity index (χ1) is 9.13. The van der Waals surface area contributed by atoms with Crippen molar-refractivity contribution in [3.8, 4) is 5.75 Å². The molecule has 1 atom stereocenters. The summed E-state index contributed by atoms with van der Waals surface area (Å²) in [5.74, 6) is 0.635. The largest absolute Gasteiger partial charge is 0.484 e. The number of nitrogens with zero attached hydrogens (tertiary/aromatic N) is 1. The molecule has 1 amide bonds. The molecule has 0 aliphatic rings. The van der Waals surface area contributed by atoms with Crippen LogP contribution >= 0.6 is 0 Å². The molecule has 0 spiro atoms. The van der Waals surface area contributed by atoms with Gasteiger partial charge in [0.1, 0.15) is 5.75 Å². The van der Waals surface area contributed by atoms with Crippen molar-refractivity contribution >= 4 is 5.91 Å². The molecule has 0 aliphatic heterocycles. The Bertz CT molecular complexity index is 368. The van der Waals surface area contributed by atoms with E-state index >= 15 is 0 Å². The van der Waals surface area contributed by atoms with Gasteiger partial charge in [-0.2, -0.15) is 0 Å². The van der Waals surface area contributed by atoms with Crippen molar-refractivity contribution in [3.05, 3.63) is 30.3 Å². The quantitative estimate of drug-likeness (QED) is 0.780. The van der Waals surface area contributed by atoms with Crippen LogP contribution in [0.25, 0.3) is 0 Å². The van der Waals surface area contributed by atoms with Crippen molar-refractivity contribution in [1.82, 2.24) is 10.2 Å². The SMILES string of the molecule is CCC(C)N(C)CCNC(=O)COc1ccccc1. The van der Waals surface area contributed by atoms with Crippen LogP contribution in [0.4, 0.5) is 0 Å². The summed E-state index contributed by atoms with van der Waals surface area (Å²) in [7, 11) is 2.07. The second-order valence-corrected chi connectivity index (χ2v) is 4.69. The van der Waals surface area contributed by atoms with Crippen LogP contribution in [-0.2, 0) is 4.79 Å². The molecule has 0 saturated heterocycles. The van der Waals surface area contributed by atoms with Gasteiger partial charge in [-0.05, 0) is 32.5 Å². The minimum atomic E-state index is -0.0820. The molecule has 4 nitrogen and oxygen atoms in total. The molecule has 1 N–H and O–H groups in total. The van der Waals surface area contributed by atoms with Crippen LogP contribution in [0.3, 0.4) is 0 Å². The summed E-state index contributed by atoms with van der Waals surface area (Å²) in [5.41, 5.74) is 0.